The Labute approximate surface area is 255 Å². The van der Waals surface area contributed by atoms with Gasteiger partial charge in [-0.05, 0) is 88.2 Å². The average Bonchev–Trinajstić information content (AvgIpc) is 3.75. The topological polar surface area (TPSA) is 103 Å². The number of rotatable bonds is 7. The van der Waals surface area contributed by atoms with Gasteiger partial charge >= 0.3 is 0 Å². The number of halogens is 2. The van der Waals surface area contributed by atoms with Crippen molar-refractivity contribution in [3.63, 3.8) is 0 Å². The van der Waals surface area contributed by atoms with Gasteiger partial charge in [0.2, 0.25) is 0 Å². The predicted molar refractivity (Wildman–Crippen MR) is 166 cm³/mol. The number of H-pyrrole nitrogens is 1. The van der Waals surface area contributed by atoms with Crippen LogP contribution in [0.4, 0.5) is 5.69 Å². The molecule has 220 valence electrons. The number of aryl methyl sites for hydroxylation is 1. The monoisotopic (exact) mass is 626 g/mol. The molecule has 0 unspecified atom stereocenters. The number of amides is 2. The number of anilines is 1. The molecule has 2 N–H and O–H groups in total. The number of carbonyl (C=O) groups is 2. The van der Waals surface area contributed by atoms with Gasteiger partial charge in [-0.3, -0.25) is 9.59 Å². The van der Waals surface area contributed by atoms with Crippen molar-refractivity contribution in [3.8, 4) is 0 Å². The Kier molecular flexibility index (Phi) is 7.95. The number of hydrogen-bond acceptors (Lipinski definition) is 5. The second kappa shape index (κ2) is 11.5. The van der Waals surface area contributed by atoms with Crippen molar-refractivity contribution in [3.05, 3.63) is 80.6 Å². The van der Waals surface area contributed by atoms with E-state index in [0.717, 1.165) is 38.2 Å². The van der Waals surface area contributed by atoms with E-state index >= 15 is 0 Å². The third-order valence-corrected chi connectivity index (χ3v) is 10.7. The summed E-state index contributed by atoms with van der Waals surface area (Å²) in [5.74, 6) is -0.805. The van der Waals surface area contributed by atoms with E-state index < -0.39 is 9.84 Å². The highest BCUT2D eigenvalue weighted by Crippen LogP contribution is 2.37. The number of hydrogen-bond donors (Lipinski definition) is 2. The summed E-state index contributed by atoms with van der Waals surface area (Å²) < 4.78 is 26.8. The van der Waals surface area contributed by atoms with Crippen LogP contribution in [0.3, 0.4) is 0 Å². The molecule has 0 spiro atoms. The minimum atomic E-state index is -3.85. The molecule has 1 aromatic heterocycles. The molecule has 42 heavy (non-hydrogen) atoms. The van der Waals surface area contributed by atoms with Crippen molar-refractivity contribution in [2.24, 2.45) is 0 Å². The number of fused-ring (bicyclic) bond motifs is 1. The number of benzene rings is 2. The van der Waals surface area contributed by atoms with Gasteiger partial charge in [-0.25, -0.2) is 8.42 Å². The number of sulfone groups is 1. The highest BCUT2D eigenvalue weighted by Gasteiger charge is 2.34. The molecule has 1 atom stereocenters. The first-order valence-corrected chi connectivity index (χ1v) is 16.6. The van der Waals surface area contributed by atoms with E-state index in [1.165, 1.54) is 25.0 Å². The number of likely N-dealkylation sites (tertiary alicyclic amines) is 2. The lowest BCUT2D eigenvalue weighted by Crippen LogP contribution is -2.42. The fourth-order valence-electron chi connectivity index (χ4n) is 6.20. The van der Waals surface area contributed by atoms with E-state index in [0.29, 0.717) is 34.6 Å². The Morgan fingerprint density at radius 1 is 1.05 bits per heavy atom. The van der Waals surface area contributed by atoms with Crippen molar-refractivity contribution < 1.29 is 18.0 Å². The van der Waals surface area contributed by atoms with Crippen LogP contribution in [0.25, 0.3) is 11.6 Å². The molecular weight excluding hydrogens is 595 g/mol. The van der Waals surface area contributed by atoms with Crippen LogP contribution in [0.2, 0.25) is 10.0 Å². The number of aromatic amines is 1. The standard InChI is InChI=1S/C31H32Cl2N4O4S/c1-19-14-24(31(39)37-13-5-6-20(37)17-36-11-2-3-12-36)29(34-19)16-23-22-15-21(9-10-28(22)35-30(23)38)42(40,41)18-25-26(32)7-4-8-27(25)33/h4,7-10,14-16,20,34H,2-3,5-6,11-13,17-18H2,1H3,(H,35,38)/b23-16-/t20-/m0/s1. The largest absolute Gasteiger partial charge is 0.358 e. The zero-order valence-electron chi connectivity index (χ0n) is 23.3. The summed E-state index contributed by atoms with van der Waals surface area (Å²) in [5, 5.41) is 3.35. The number of aromatic nitrogens is 1. The smallest absolute Gasteiger partial charge is 0.256 e. The molecule has 0 bridgehead atoms. The molecule has 8 nitrogen and oxygen atoms in total. The Bertz CT molecular complexity index is 1690. The van der Waals surface area contributed by atoms with Gasteiger partial charge in [0.25, 0.3) is 11.8 Å². The summed E-state index contributed by atoms with van der Waals surface area (Å²) in [7, 11) is -3.85. The molecule has 3 aliphatic rings. The summed E-state index contributed by atoms with van der Waals surface area (Å²) in [6.07, 6.45) is 6.00. The first-order valence-electron chi connectivity index (χ1n) is 14.2. The van der Waals surface area contributed by atoms with Crippen molar-refractivity contribution >= 4 is 62.2 Å². The van der Waals surface area contributed by atoms with Gasteiger partial charge in [0.15, 0.2) is 9.84 Å². The second-order valence-corrected chi connectivity index (χ2v) is 14.1. The highest BCUT2D eigenvalue weighted by molar-refractivity contribution is 7.90. The number of nitrogens with zero attached hydrogens (tertiary/aromatic N) is 2. The fourth-order valence-corrected chi connectivity index (χ4v) is 8.32. The maximum atomic E-state index is 13.8. The molecule has 2 aromatic carbocycles. The molecule has 0 saturated carbocycles. The molecule has 6 rings (SSSR count). The van der Waals surface area contributed by atoms with Crippen LogP contribution < -0.4 is 5.32 Å². The summed E-state index contributed by atoms with van der Waals surface area (Å²) in [6.45, 7) is 5.63. The maximum Gasteiger partial charge on any atom is 0.256 e. The molecule has 0 radical (unpaired) electrons. The lowest BCUT2D eigenvalue weighted by Gasteiger charge is -2.28. The number of nitrogens with one attached hydrogen (secondary N) is 2. The first kappa shape index (κ1) is 29.0. The second-order valence-electron chi connectivity index (χ2n) is 11.3. The van der Waals surface area contributed by atoms with Crippen molar-refractivity contribution in [2.75, 3.05) is 31.5 Å². The minimum Gasteiger partial charge on any atom is -0.358 e. The summed E-state index contributed by atoms with van der Waals surface area (Å²) in [4.78, 5) is 34.6. The van der Waals surface area contributed by atoms with Gasteiger partial charge in [-0.2, -0.15) is 0 Å². The molecular formula is C31H32Cl2N4O4S. The van der Waals surface area contributed by atoms with Crippen molar-refractivity contribution in [2.45, 2.75) is 49.3 Å². The third-order valence-electron chi connectivity index (χ3n) is 8.34. The predicted octanol–water partition coefficient (Wildman–Crippen LogP) is 5.80. The lowest BCUT2D eigenvalue weighted by atomic mass is 10.0. The van der Waals surface area contributed by atoms with Crippen LogP contribution in [0.5, 0.6) is 0 Å². The SMILES string of the molecule is Cc1cc(C(=O)N2CCC[C@H]2CN2CCCC2)c(/C=C2\C(=O)Nc3ccc(S(=O)(=O)Cc4c(Cl)cccc4Cl)cc32)[nH]1. The average molecular weight is 628 g/mol. The van der Waals surface area contributed by atoms with E-state index in [1.54, 1.807) is 30.3 Å². The fraction of sp³-hybridized carbons (Fsp3) is 0.355. The minimum absolute atomic E-state index is 0.0421. The van der Waals surface area contributed by atoms with Gasteiger partial charge in [0.05, 0.1) is 27.5 Å². The Morgan fingerprint density at radius 3 is 2.52 bits per heavy atom. The van der Waals surface area contributed by atoms with Gasteiger partial charge < -0.3 is 20.1 Å². The molecule has 3 aromatic rings. The van der Waals surface area contributed by atoms with E-state index in [9.17, 15) is 18.0 Å². The van der Waals surface area contributed by atoms with Crippen LogP contribution in [-0.2, 0) is 20.4 Å². The zero-order valence-corrected chi connectivity index (χ0v) is 25.6. The Hall–Kier alpha value is -3.11. The maximum absolute atomic E-state index is 13.8. The van der Waals surface area contributed by atoms with Gasteiger partial charge in [0, 0.05) is 51.7 Å². The first-order chi connectivity index (χ1) is 20.1. The summed E-state index contributed by atoms with van der Waals surface area (Å²) in [5.41, 5.74) is 3.38. The summed E-state index contributed by atoms with van der Waals surface area (Å²) in [6, 6.07) is 11.4. The van der Waals surface area contributed by atoms with Gasteiger partial charge in [0.1, 0.15) is 0 Å². The van der Waals surface area contributed by atoms with Gasteiger partial charge in [-0.1, -0.05) is 29.3 Å². The molecule has 0 aliphatic carbocycles. The molecule has 3 aliphatic heterocycles. The zero-order chi connectivity index (χ0) is 29.6. The van der Waals surface area contributed by atoms with E-state index in [-0.39, 0.29) is 44.1 Å². The van der Waals surface area contributed by atoms with Crippen LogP contribution in [0, 0.1) is 6.92 Å². The molecule has 2 saturated heterocycles. The quantitative estimate of drug-likeness (QED) is 0.323. The Morgan fingerprint density at radius 2 is 1.79 bits per heavy atom. The van der Waals surface area contributed by atoms with Crippen LogP contribution in [0.15, 0.2) is 47.4 Å². The van der Waals surface area contributed by atoms with Gasteiger partial charge in [-0.15, -0.1) is 0 Å². The van der Waals surface area contributed by atoms with E-state index in [2.05, 4.69) is 15.2 Å². The molecule has 4 heterocycles. The third kappa shape index (κ3) is 5.63. The Balaban J connectivity index is 1.31. The van der Waals surface area contributed by atoms with Crippen LogP contribution >= 0.6 is 23.2 Å². The highest BCUT2D eigenvalue weighted by atomic mass is 35.5. The normalized spacial score (nSPS) is 20.0. The van der Waals surface area contributed by atoms with E-state index in [4.69, 9.17) is 23.2 Å². The molecule has 2 fully saturated rings. The van der Waals surface area contributed by atoms with Crippen LogP contribution in [0.1, 0.15) is 58.6 Å². The molecule has 11 heteroatoms. The molecule has 2 amide bonds. The van der Waals surface area contributed by atoms with Crippen molar-refractivity contribution in [1.82, 2.24) is 14.8 Å². The lowest BCUT2D eigenvalue weighted by molar-refractivity contribution is -0.110. The van der Waals surface area contributed by atoms with Crippen molar-refractivity contribution in [1.29, 1.82) is 0 Å². The number of carbonyl (C=O) groups excluding carboxylic acids is 2. The van der Waals surface area contributed by atoms with E-state index in [1.807, 2.05) is 17.9 Å². The summed E-state index contributed by atoms with van der Waals surface area (Å²) >= 11 is 12.5. The van der Waals surface area contributed by atoms with Crippen LogP contribution in [-0.4, -0.2) is 67.2 Å².